The van der Waals surface area contributed by atoms with Crippen LogP contribution in [0, 0.1) is 0 Å². The van der Waals surface area contributed by atoms with Crippen LogP contribution >= 0.6 is 15.9 Å². The maximum atomic E-state index is 11.7. The average Bonchev–Trinajstić information content (AvgIpc) is 2.95. The monoisotopic (exact) mass is 600 g/mol. The molecule has 40 heavy (non-hydrogen) atoms. The minimum Gasteiger partial charge on any atom is -0.488 e. The second-order valence-electron chi connectivity index (χ2n) is 8.81. The van der Waals surface area contributed by atoms with Crippen LogP contribution in [0.3, 0.4) is 0 Å². The van der Waals surface area contributed by atoms with E-state index in [1.165, 1.54) is 4.68 Å². The van der Waals surface area contributed by atoms with Crippen LogP contribution in [0.2, 0.25) is 0 Å². The number of aromatic amines is 2. The van der Waals surface area contributed by atoms with E-state index in [0.717, 1.165) is 37.4 Å². The van der Waals surface area contributed by atoms with Crippen molar-refractivity contribution in [2.24, 2.45) is 0 Å². The van der Waals surface area contributed by atoms with Crippen LogP contribution in [-0.2, 0) is 13.1 Å². The Hall–Kier alpha value is -5.10. The second-order valence-corrected chi connectivity index (χ2v) is 9.56. The van der Waals surface area contributed by atoms with Crippen LogP contribution in [0.1, 0.15) is 11.1 Å². The summed E-state index contributed by atoms with van der Waals surface area (Å²) in [5.41, 5.74) is -0.788. The topological polar surface area (TPSA) is 156 Å². The Kier molecular flexibility index (Phi) is 7.51. The third kappa shape index (κ3) is 5.97. The smallest absolute Gasteiger partial charge is 0.345 e. The maximum Gasteiger partial charge on any atom is 0.345 e. The van der Waals surface area contributed by atoms with Crippen molar-refractivity contribution in [3.63, 3.8) is 0 Å². The molecule has 12 heteroatoms. The van der Waals surface area contributed by atoms with E-state index in [9.17, 15) is 24.3 Å². The lowest BCUT2D eigenvalue weighted by atomic mass is 10.1. The lowest BCUT2D eigenvalue weighted by Crippen LogP contribution is -2.33. The van der Waals surface area contributed by atoms with E-state index < -0.39 is 28.4 Å². The number of fused-ring (bicyclic) bond motifs is 2. The van der Waals surface area contributed by atoms with Crippen molar-refractivity contribution < 1.29 is 5.11 Å². The molecule has 0 saturated heterocycles. The lowest BCUT2D eigenvalue weighted by Gasteiger charge is -2.05. The minimum atomic E-state index is -0.884. The number of halogens is 1. The molecule has 0 aliphatic heterocycles. The number of benzene rings is 4. The molecule has 0 atom stereocenters. The number of nitrogens with one attached hydrogen (secondary N) is 2. The van der Waals surface area contributed by atoms with Crippen molar-refractivity contribution in [1.29, 1.82) is 0 Å². The zero-order valence-electron chi connectivity index (χ0n) is 20.7. The van der Waals surface area contributed by atoms with E-state index in [0.29, 0.717) is 6.54 Å². The van der Waals surface area contributed by atoms with E-state index in [2.05, 4.69) is 31.1 Å². The molecule has 6 rings (SSSR count). The third-order valence-electron chi connectivity index (χ3n) is 6.02. The molecule has 0 aliphatic rings. The van der Waals surface area contributed by atoms with Gasteiger partial charge in [0.05, 0.1) is 13.1 Å². The van der Waals surface area contributed by atoms with Gasteiger partial charge in [-0.1, -0.05) is 72.8 Å². The predicted octanol–water partition coefficient (Wildman–Crippen LogP) is 2.73. The van der Waals surface area contributed by atoms with Gasteiger partial charge in [0, 0.05) is 0 Å². The first-order chi connectivity index (χ1) is 19.3. The number of aromatic nitrogens is 6. The summed E-state index contributed by atoms with van der Waals surface area (Å²) in [6.07, 6.45) is 0. The molecule has 3 N–H and O–H groups in total. The summed E-state index contributed by atoms with van der Waals surface area (Å²) in [4.78, 5) is 49.8. The highest BCUT2D eigenvalue weighted by Gasteiger charge is 2.07. The Balaban J connectivity index is 0.000000161. The minimum absolute atomic E-state index is 0.0953. The van der Waals surface area contributed by atoms with Crippen LogP contribution in [-0.4, -0.2) is 34.6 Å². The van der Waals surface area contributed by atoms with Crippen LogP contribution in [0.15, 0.2) is 109 Å². The standard InChI is InChI=1S/C14H10BrN3O2.C14H11N3O3/c15-12-13(19)16-14(20)18(17-12)8-9-5-6-10-3-1-2-4-11(10)7-9;18-12-13(19)16-17(14(20)15-12)8-9-5-6-10-3-1-2-4-11(10)7-9/h1-7H,8H2,(H,16,19,20);1-7H,8H2,(H,16,19)(H,15,18,20). The summed E-state index contributed by atoms with van der Waals surface area (Å²) in [6, 6.07) is 27.5. The fourth-order valence-corrected chi connectivity index (χ4v) is 4.36. The van der Waals surface area contributed by atoms with Crippen molar-refractivity contribution >= 4 is 37.5 Å². The van der Waals surface area contributed by atoms with Crippen molar-refractivity contribution in [3.05, 3.63) is 142 Å². The highest BCUT2D eigenvalue weighted by molar-refractivity contribution is 9.10. The van der Waals surface area contributed by atoms with Gasteiger partial charge in [-0.3, -0.25) is 19.6 Å². The van der Waals surface area contributed by atoms with Crippen molar-refractivity contribution in [3.8, 4) is 5.88 Å². The molecule has 6 aromatic rings. The summed E-state index contributed by atoms with van der Waals surface area (Å²) >= 11 is 3.02. The van der Waals surface area contributed by atoms with Crippen LogP contribution in [0.5, 0.6) is 5.88 Å². The van der Waals surface area contributed by atoms with Gasteiger partial charge < -0.3 is 5.11 Å². The van der Waals surface area contributed by atoms with E-state index >= 15 is 0 Å². The van der Waals surface area contributed by atoms with Gasteiger partial charge in [-0.05, 0) is 60.7 Å². The Morgan fingerprint density at radius 3 is 1.60 bits per heavy atom. The first kappa shape index (κ1) is 26.5. The summed E-state index contributed by atoms with van der Waals surface area (Å²) in [5.74, 6) is -0.717. The fourth-order valence-electron chi connectivity index (χ4n) is 4.07. The van der Waals surface area contributed by atoms with Crippen LogP contribution in [0.25, 0.3) is 21.5 Å². The van der Waals surface area contributed by atoms with Gasteiger partial charge in [0.25, 0.3) is 11.4 Å². The highest BCUT2D eigenvalue weighted by Crippen LogP contribution is 2.17. The molecule has 0 spiro atoms. The molecule has 0 fully saturated rings. The molecule has 11 nitrogen and oxygen atoms in total. The Morgan fingerprint density at radius 2 is 1.07 bits per heavy atom. The summed E-state index contributed by atoms with van der Waals surface area (Å²) in [5, 5.41) is 21.1. The second kappa shape index (κ2) is 11.3. The quantitative estimate of drug-likeness (QED) is 0.281. The number of rotatable bonds is 4. The first-order valence-corrected chi connectivity index (χ1v) is 12.8. The molecule has 0 bridgehead atoms. The first-order valence-electron chi connectivity index (χ1n) is 12.0. The van der Waals surface area contributed by atoms with Gasteiger partial charge >= 0.3 is 16.9 Å². The molecule has 2 heterocycles. The van der Waals surface area contributed by atoms with Crippen LogP contribution in [0.4, 0.5) is 0 Å². The van der Waals surface area contributed by atoms with Crippen molar-refractivity contribution in [2.45, 2.75) is 13.1 Å². The molecular formula is C28H21BrN6O5. The molecular weight excluding hydrogens is 580 g/mol. The van der Waals surface area contributed by atoms with Gasteiger partial charge in [-0.15, -0.1) is 5.10 Å². The van der Waals surface area contributed by atoms with Gasteiger partial charge in [0.15, 0.2) is 4.60 Å². The summed E-state index contributed by atoms with van der Waals surface area (Å²) in [6.45, 7) is 0.479. The van der Waals surface area contributed by atoms with Gasteiger partial charge in [-0.25, -0.2) is 19.0 Å². The largest absolute Gasteiger partial charge is 0.488 e. The number of nitrogens with zero attached hydrogens (tertiary/aromatic N) is 4. The lowest BCUT2D eigenvalue weighted by molar-refractivity contribution is 0.409. The normalized spacial score (nSPS) is 10.8. The zero-order chi connectivity index (χ0) is 28.2. The Morgan fingerprint density at radius 1 is 0.625 bits per heavy atom. The number of hydrogen-bond acceptors (Lipinski definition) is 7. The van der Waals surface area contributed by atoms with E-state index in [4.69, 9.17) is 0 Å². The molecule has 0 amide bonds. The predicted molar refractivity (Wildman–Crippen MR) is 154 cm³/mol. The van der Waals surface area contributed by atoms with Gasteiger partial charge in [-0.2, -0.15) is 5.10 Å². The maximum absolute atomic E-state index is 11.7. The molecule has 4 aromatic carbocycles. The molecule has 0 radical (unpaired) electrons. The number of H-pyrrole nitrogens is 2. The van der Waals surface area contributed by atoms with Gasteiger partial charge in [0.1, 0.15) is 0 Å². The van der Waals surface area contributed by atoms with E-state index in [1.54, 1.807) is 0 Å². The number of aromatic hydroxyl groups is 1. The summed E-state index contributed by atoms with van der Waals surface area (Å²) < 4.78 is 2.33. The highest BCUT2D eigenvalue weighted by atomic mass is 79.9. The zero-order valence-corrected chi connectivity index (χ0v) is 22.3. The van der Waals surface area contributed by atoms with E-state index in [1.807, 2.05) is 89.9 Å². The summed E-state index contributed by atoms with van der Waals surface area (Å²) in [7, 11) is 0. The average molecular weight is 601 g/mol. The third-order valence-corrected chi connectivity index (χ3v) is 6.54. The van der Waals surface area contributed by atoms with Crippen LogP contribution < -0.4 is 22.5 Å². The molecule has 0 aliphatic carbocycles. The SMILES string of the molecule is O=c1[nH]c(=O)n(Cc2ccc3ccccc3c2)nc1Br.O=c1[nH]c(=O)n(Cc2ccc3ccccc3c2)nc1O. The Labute approximate surface area is 233 Å². The molecule has 2 aromatic heterocycles. The van der Waals surface area contributed by atoms with Gasteiger partial charge in [0.2, 0.25) is 0 Å². The van der Waals surface area contributed by atoms with Crippen molar-refractivity contribution in [2.75, 3.05) is 0 Å². The van der Waals surface area contributed by atoms with Crippen molar-refractivity contribution in [1.82, 2.24) is 29.5 Å². The fraction of sp³-hybridized carbons (Fsp3) is 0.0714. The Bertz CT molecular complexity index is 1950. The molecule has 200 valence electrons. The molecule has 0 saturated carbocycles. The van der Waals surface area contributed by atoms with E-state index in [-0.39, 0.29) is 11.1 Å². The number of hydrogen-bond donors (Lipinski definition) is 3. The molecule has 0 unspecified atom stereocenters.